The molecule has 4 nitrogen and oxygen atoms in total. The summed E-state index contributed by atoms with van der Waals surface area (Å²) < 4.78 is 103. The first-order valence-electron chi connectivity index (χ1n) is 11.6. The summed E-state index contributed by atoms with van der Waals surface area (Å²) in [4.78, 5) is 13.5. The van der Waals surface area contributed by atoms with E-state index in [0.29, 0.717) is 11.6 Å². The van der Waals surface area contributed by atoms with Gasteiger partial charge in [0.1, 0.15) is 17.4 Å². The van der Waals surface area contributed by atoms with Crippen LogP contribution in [0.25, 0.3) is 0 Å². The molecule has 1 unspecified atom stereocenters. The Labute approximate surface area is 213 Å². The molecular weight excluding hydrogens is 517 g/mol. The number of hydrogen-bond acceptors (Lipinski definition) is 3. The zero-order valence-electron chi connectivity index (χ0n) is 19.8. The van der Waals surface area contributed by atoms with Crippen molar-refractivity contribution >= 4 is 5.91 Å². The topological polar surface area (TPSA) is 55.6 Å². The van der Waals surface area contributed by atoms with E-state index in [4.69, 9.17) is 5.73 Å². The number of likely N-dealkylation sites (tertiary alicyclic amines) is 1. The highest BCUT2D eigenvalue weighted by atomic mass is 19.3. The van der Waals surface area contributed by atoms with Crippen LogP contribution in [0.2, 0.25) is 0 Å². The Balaban J connectivity index is 2.03. The quantitative estimate of drug-likeness (QED) is 0.270. The van der Waals surface area contributed by atoms with E-state index in [9.17, 15) is 31.1 Å². The molecule has 0 radical (unpaired) electrons. The van der Waals surface area contributed by atoms with E-state index < -0.39 is 47.2 Å². The number of amides is 1. The Kier molecular flexibility index (Phi) is 7.42. The molecule has 2 atom stereocenters. The van der Waals surface area contributed by atoms with Gasteiger partial charge in [0.25, 0.3) is 5.91 Å². The molecule has 0 aromatic heterocycles. The van der Waals surface area contributed by atoms with Crippen LogP contribution in [-0.2, 0) is 16.8 Å². The van der Waals surface area contributed by atoms with Crippen LogP contribution in [0.15, 0.2) is 72.8 Å². The third-order valence-corrected chi connectivity index (χ3v) is 6.64. The van der Waals surface area contributed by atoms with Crippen LogP contribution in [0.1, 0.15) is 29.5 Å². The van der Waals surface area contributed by atoms with Crippen molar-refractivity contribution in [2.75, 3.05) is 6.54 Å². The molecule has 1 amide bonds. The summed E-state index contributed by atoms with van der Waals surface area (Å²) in [6.45, 7) is -0.0798. The molecule has 11 heteroatoms. The molecule has 1 fully saturated rings. The first-order valence-corrected chi connectivity index (χ1v) is 11.6. The normalized spacial score (nSPS) is 19.9. The van der Waals surface area contributed by atoms with Gasteiger partial charge >= 0.3 is 12.5 Å². The maximum absolute atomic E-state index is 16.4. The Morgan fingerprint density at radius 1 is 0.974 bits per heavy atom. The number of alkyl halides is 5. The van der Waals surface area contributed by atoms with Crippen molar-refractivity contribution in [1.82, 2.24) is 4.90 Å². The monoisotopic (exact) mass is 540 g/mol. The molecule has 3 aromatic carbocycles. The minimum Gasteiger partial charge on any atom is -0.428 e. The van der Waals surface area contributed by atoms with Gasteiger partial charge in [-0.05, 0) is 53.8 Å². The van der Waals surface area contributed by atoms with Crippen LogP contribution in [0.3, 0.4) is 0 Å². The standard InChI is InChI=1S/C27H23F7N2O2/c28-20-9-7-18(8-10-20)25(16-17-5-2-1-3-6-17,36-12-4-11-26(36,32)24(35)37)19-13-21(29)15-22(14-19)38-27(33,34)23(30)31/h1-3,5-10,13-15,23H,4,11-12,16H2,(H2,35,37)/t25-,26?/m1/s1. The average Bonchev–Trinajstić information content (AvgIpc) is 3.26. The van der Waals surface area contributed by atoms with Gasteiger partial charge in [-0.1, -0.05) is 42.5 Å². The van der Waals surface area contributed by atoms with Crippen LogP contribution >= 0.6 is 0 Å². The molecule has 202 valence electrons. The van der Waals surface area contributed by atoms with Gasteiger partial charge in [-0.2, -0.15) is 17.6 Å². The van der Waals surface area contributed by atoms with Crippen molar-refractivity contribution < 1.29 is 40.3 Å². The minimum atomic E-state index is -4.95. The first-order chi connectivity index (χ1) is 17.9. The molecule has 0 bridgehead atoms. The van der Waals surface area contributed by atoms with Crippen molar-refractivity contribution in [3.05, 3.63) is 101 Å². The van der Waals surface area contributed by atoms with Gasteiger partial charge in [-0.15, -0.1) is 0 Å². The summed E-state index contributed by atoms with van der Waals surface area (Å²) in [7, 11) is 0. The van der Waals surface area contributed by atoms with Crippen molar-refractivity contribution in [1.29, 1.82) is 0 Å². The number of primary amides is 1. The van der Waals surface area contributed by atoms with Crippen LogP contribution in [0, 0.1) is 11.6 Å². The Bertz CT molecular complexity index is 1290. The SMILES string of the molecule is NC(=O)C1(F)CCCN1[C@](Cc1ccccc1)(c1ccc(F)cc1)c1cc(F)cc(OC(F)(F)C(F)F)c1. The number of ether oxygens (including phenoxy) is 1. The van der Waals surface area contributed by atoms with Gasteiger partial charge in [0, 0.05) is 19.0 Å². The zero-order chi connectivity index (χ0) is 27.7. The second-order valence-corrected chi connectivity index (χ2v) is 9.05. The summed E-state index contributed by atoms with van der Waals surface area (Å²) in [5, 5.41) is 0. The second kappa shape index (κ2) is 10.3. The number of rotatable bonds is 9. The lowest BCUT2D eigenvalue weighted by molar-refractivity contribution is -0.253. The second-order valence-electron chi connectivity index (χ2n) is 9.05. The van der Waals surface area contributed by atoms with E-state index in [-0.39, 0.29) is 36.9 Å². The molecule has 0 spiro atoms. The number of benzene rings is 3. The fraction of sp³-hybridized carbons (Fsp3) is 0.296. The molecule has 1 heterocycles. The van der Waals surface area contributed by atoms with Gasteiger partial charge in [0.2, 0.25) is 5.79 Å². The summed E-state index contributed by atoms with van der Waals surface area (Å²) in [6.07, 6.45) is -9.49. The van der Waals surface area contributed by atoms with Crippen LogP contribution in [0.5, 0.6) is 5.75 Å². The molecule has 3 aromatic rings. The lowest BCUT2D eigenvalue weighted by Crippen LogP contribution is -2.60. The summed E-state index contributed by atoms with van der Waals surface area (Å²) >= 11 is 0. The minimum absolute atomic E-state index is 0.0798. The first kappa shape index (κ1) is 27.4. The van der Waals surface area contributed by atoms with Crippen molar-refractivity contribution in [3.8, 4) is 5.75 Å². The maximum Gasteiger partial charge on any atom is 0.461 e. The highest BCUT2D eigenvalue weighted by Crippen LogP contribution is 2.49. The number of carbonyl (C=O) groups excluding carboxylic acids is 1. The molecule has 0 aliphatic carbocycles. The highest BCUT2D eigenvalue weighted by molar-refractivity contribution is 5.83. The van der Waals surface area contributed by atoms with Gasteiger partial charge in [0.15, 0.2) is 0 Å². The predicted molar refractivity (Wildman–Crippen MR) is 124 cm³/mol. The summed E-state index contributed by atoms with van der Waals surface area (Å²) in [5.41, 5.74) is 4.17. The maximum atomic E-state index is 16.4. The number of nitrogens with zero attached hydrogens (tertiary/aromatic N) is 1. The fourth-order valence-electron chi connectivity index (χ4n) is 4.99. The molecule has 1 saturated heterocycles. The summed E-state index contributed by atoms with van der Waals surface area (Å²) in [6, 6.07) is 15.4. The smallest absolute Gasteiger partial charge is 0.428 e. The molecule has 0 saturated carbocycles. The van der Waals surface area contributed by atoms with Gasteiger partial charge < -0.3 is 10.5 Å². The van der Waals surface area contributed by atoms with E-state index in [1.165, 1.54) is 12.1 Å². The number of hydrogen-bond donors (Lipinski definition) is 1. The number of nitrogens with two attached hydrogens (primary N) is 1. The van der Waals surface area contributed by atoms with E-state index in [2.05, 4.69) is 4.74 Å². The van der Waals surface area contributed by atoms with E-state index in [1.54, 1.807) is 30.3 Å². The Morgan fingerprint density at radius 2 is 1.63 bits per heavy atom. The van der Waals surface area contributed by atoms with E-state index in [1.807, 2.05) is 0 Å². The Hall–Kier alpha value is -3.60. The van der Waals surface area contributed by atoms with E-state index >= 15 is 4.39 Å². The van der Waals surface area contributed by atoms with Gasteiger partial charge in [-0.3, -0.25) is 4.79 Å². The van der Waals surface area contributed by atoms with Crippen LogP contribution < -0.4 is 10.5 Å². The van der Waals surface area contributed by atoms with Gasteiger partial charge in [-0.25, -0.2) is 18.1 Å². The average molecular weight is 540 g/mol. The lowest BCUT2D eigenvalue weighted by Gasteiger charge is -2.47. The molecule has 2 N–H and O–H groups in total. The molecule has 38 heavy (non-hydrogen) atoms. The zero-order valence-corrected chi connectivity index (χ0v) is 19.8. The summed E-state index contributed by atoms with van der Waals surface area (Å²) in [5.74, 6) is -6.84. The predicted octanol–water partition coefficient (Wildman–Crippen LogP) is 5.93. The third-order valence-electron chi connectivity index (χ3n) is 6.64. The van der Waals surface area contributed by atoms with E-state index in [0.717, 1.165) is 29.2 Å². The molecule has 4 rings (SSSR count). The van der Waals surface area contributed by atoms with Crippen molar-refractivity contribution in [3.63, 3.8) is 0 Å². The highest BCUT2D eigenvalue weighted by Gasteiger charge is 2.57. The third kappa shape index (κ3) is 5.07. The number of carbonyl (C=O) groups is 1. The largest absolute Gasteiger partial charge is 0.461 e. The molecular formula is C27H23F7N2O2. The van der Waals surface area contributed by atoms with Crippen molar-refractivity contribution in [2.45, 2.75) is 43.1 Å². The number of halogens is 7. The van der Waals surface area contributed by atoms with Gasteiger partial charge in [0.05, 0.1) is 5.54 Å². The lowest BCUT2D eigenvalue weighted by atomic mass is 9.75. The fourth-order valence-corrected chi connectivity index (χ4v) is 4.99. The molecule has 1 aliphatic rings. The van der Waals surface area contributed by atoms with Crippen LogP contribution in [-0.4, -0.2) is 35.7 Å². The van der Waals surface area contributed by atoms with Crippen LogP contribution in [0.4, 0.5) is 30.7 Å². The van der Waals surface area contributed by atoms with Crippen molar-refractivity contribution in [2.24, 2.45) is 5.73 Å². The Morgan fingerprint density at radius 3 is 2.24 bits per heavy atom. The molecule has 1 aliphatic heterocycles.